The molecule has 2 atom stereocenters. The van der Waals surface area contributed by atoms with E-state index in [0.29, 0.717) is 0 Å². The first-order valence-corrected chi connectivity index (χ1v) is 5.48. The number of amides is 1. The Morgan fingerprint density at radius 1 is 1.20 bits per heavy atom. The smallest absolute Gasteiger partial charge is 0.333 e. The topological polar surface area (TPSA) is 132 Å². The molecule has 1 rings (SSSR count). The van der Waals surface area contributed by atoms with Crippen LogP contribution >= 0.6 is 0 Å². The minimum Gasteiger partial charge on any atom is -0.469 e. The van der Waals surface area contributed by atoms with Crippen molar-refractivity contribution >= 4 is 29.5 Å². The van der Waals surface area contributed by atoms with Crippen LogP contribution < -0.4 is 5.32 Å². The zero-order chi connectivity index (χ0) is 15.5. The van der Waals surface area contributed by atoms with Gasteiger partial charge in [-0.1, -0.05) is 0 Å². The third kappa shape index (κ3) is 2.33. The molecule has 0 aromatic heterocycles. The van der Waals surface area contributed by atoms with Crippen molar-refractivity contribution in [3.05, 3.63) is 0 Å². The van der Waals surface area contributed by atoms with Crippen LogP contribution in [0.15, 0.2) is 0 Å². The van der Waals surface area contributed by atoms with E-state index in [1.807, 2.05) is 0 Å². The molecule has 1 aliphatic rings. The molecule has 9 heteroatoms. The zero-order valence-corrected chi connectivity index (χ0v) is 11.1. The van der Waals surface area contributed by atoms with Gasteiger partial charge in [-0.3, -0.25) is 19.8 Å². The molecule has 0 saturated carbocycles. The van der Waals surface area contributed by atoms with Crippen LogP contribution in [0.1, 0.15) is 6.42 Å². The Labute approximate surface area is 114 Å². The maximum Gasteiger partial charge on any atom is 0.333 e. The van der Waals surface area contributed by atoms with Gasteiger partial charge in [-0.2, -0.15) is 0 Å². The molecule has 1 saturated heterocycles. The average Bonchev–Trinajstić information content (AvgIpc) is 2.69. The molecule has 110 valence electrons. The normalized spacial score (nSPS) is 24.9. The first-order valence-electron chi connectivity index (χ1n) is 5.48. The molecule has 1 amide bonds. The highest BCUT2D eigenvalue weighted by Crippen LogP contribution is 2.31. The van der Waals surface area contributed by atoms with Gasteiger partial charge in [0.15, 0.2) is 5.54 Å². The van der Waals surface area contributed by atoms with Crippen LogP contribution in [0.5, 0.6) is 0 Å². The first-order chi connectivity index (χ1) is 9.33. The molecular weight excluding hydrogens is 272 g/mol. The lowest BCUT2D eigenvalue weighted by atomic mass is 9.81. The van der Waals surface area contributed by atoms with Crippen molar-refractivity contribution in [2.45, 2.75) is 12.0 Å². The second-order valence-corrected chi connectivity index (χ2v) is 4.04. The van der Waals surface area contributed by atoms with Gasteiger partial charge in [0.05, 0.1) is 27.8 Å². The second-order valence-electron chi connectivity index (χ2n) is 4.04. The molecule has 1 heterocycles. The van der Waals surface area contributed by atoms with Gasteiger partial charge >= 0.3 is 17.9 Å². The van der Waals surface area contributed by atoms with E-state index in [4.69, 9.17) is 5.41 Å². The van der Waals surface area contributed by atoms with Gasteiger partial charge in [0.25, 0.3) is 5.91 Å². The summed E-state index contributed by atoms with van der Waals surface area (Å²) in [5, 5.41) is 9.76. The number of carbonyl (C=O) groups is 4. The van der Waals surface area contributed by atoms with Crippen molar-refractivity contribution in [3.8, 4) is 0 Å². The summed E-state index contributed by atoms with van der Waals surface area (Å²) < 4.78 is 13.5. The van der Waals surface area contributed by atoms with Gasteiger partial charge < -0.3 is 19.5 Å². The van der Waals surface area contributed by atoms with Crippen molar-refractivity contribution in [1.29, 1.82) is 5.41 Å². The molecule has 9 nitrogen and oxygen atoms in total. The van der Waals surface area contributed by atoms with Crippen LogP contribution in [0.25, 0.3) is 0 Å². The van der Waals surface area contributed by atoms with E-state index in [0.717, 1.165) is 21.3 Å². The number of nitrogens with one attached hydrogen (secondary N) is 2. The Morgan fingerprint density at radius 2 is 1.80 bits per heavy atom. The summed E-state index contributed by atoms with van der Waals surface area (Å²) in [6, 6.07) is 0. The predicted molar refractivity (Wildman–Crippen MR) is 62.8 cm³/mol. The fourth-order valence-electron chi connectivity index (χ4n) is 2.03. The molecule has 0 unspecified atom stereocenters. The van der Waals surface area contributed by atoms with Crippen molar-refractivity contribution in [1.82, 2.24) is 5.32 Å². The average molecular weight is 286 g/mol. The van der Waals surface area contributed by atoms with E-state index in [1.54, 1.807) is 0 Å². The number of rotatable bonds is 4. The van der Waals surface area contributed by atoms with Gasteiger partial charge in [-0.05, 0) is 0 Å². The van der Waals surface area contributed by atoms with E-state index < -0.39 is 47.4 Å². The maximum atomic E-state index is 12.0. The van der Waals surface area contributed by atoms with Gasteiger partial charge in [-0.15, -0.1) is 0 Å². The molecule has 1 fully saturated rings. The van der Waals surface area contributed by atoms with Gasteiger partial charge in [0.1, 0.15) is 11.6 Å². The quantitative estimate of drug-likeness (QED) is 0.470. The molecule has 1 aliphatic heterocycles. The van der Waals surface area contributed by atoms with E-state index in [9.17, 15) is 19.2 Å². The number of hydrogen-bond donors (Lipinski definition) is 2. The molecule has 20 heavy (non-hydrogen) atoms. The molecule has 0 aromatic carbocycles. The summed E-state index contributed by atoms with van der Waals surface area (Å²) in [6.07, 6.45) is -0.649. The lowest BCUT2D eigenvalue weighted by Gasteiger charge is -2.28. The van der Waals surface area contributed by atoms with E-state index in [-0.39, 0.29) is 0 Å². The van der Waals surface area contributed by atoms with Crippen LogP contribution in [-0.4, -0.2) is 56.4 Å². The van der Waals surface area contributed by atoms with Gasteiger partial charge in [0.2, 0.25) is 0 Å². The SMILES string of the molecule is COC(=O)C[C@@]1(C(=O)OC)NC(=O)C(=N)[C@H]1C(=O)OC. The number of methoxy groups -OCH3 is 3. The highest BCUT2D eigenvalue weighted by Gasteiger charge is 2.61. The number of ether oxygens (including phenoxy) is 3. The fourth-order valence-corrected chi connectivity index (χ4v) is 2.03. The Balaban J connectivity index is 3.35. The second kappa shape index (κ2) is 5.68. The Kier molecular flexibility index (Phi) is 4.43. The van der Waals surface area contributed by atoms with Crippen LogP contribution in [0, 0.1) is 11.3 Å². The number of hydrogen-bond acceptors (Lipinski definition) is 8. The largest absolute Gasteiger partial charge is 0.469 e. The van der Waals surface area contributed by atoms with Crippen molar-refractivity contribution in [2.75, 3.05) is 21.3 Å². The van der Waals surface area contributed by atoms with E-state index in [2.05, 4.69) is 19.5 Å². The predicted octanol–water partition coefficient (Wildman–Crippen LogP) is -1.60. The summed E-state index contributed by atoms with van der Waals surface area (Å²) in [4.78, 5) is 46.8. The van der Waals surface area contributed by atoms with Crippen molar-refractivity contribution in [3.63, 3.8) is 0 Å². The lowest BCUT2D eigenvalue weighted by molar-refractivity contribution is -0.161. The minimum absolute atomic E-state index is 0.649. The van der Waals surface area contributed by atoms with Gasteiger partial charge in [0, 0.05) is 0 Å². The summed E-state index contributed by atoms with van der Waals surface area (Å²) in [7, 11) is 3.16. The number of carbonyl (C=O) groups excluding carboxylic acids is 4. The summed E-state index contributed by atoms with van der Waals surface area (Å²) in [5.41, 5.74) is -2.70. The van der Waals surface area contributed by atoms with Crippen molar-refractivity contribution in [2.24, 2.45) is 5.92 Å². The standard InChI is InChI=1S/C11H14N2O7/c1-18-5(14)4-11(10(17)20-3)6(9(16)19-2)7(12)8(15)13-11/h6,12H,4H2,1-3H3,(H,13,15)/t6-,11+/m0/s1. The fraction of sp³-hybridized carbons (Fsp3) is 0.545. The lowest BCUT2D eigenvalue weighted by Crippen LogP contribution is -2.57. The molecular formula is C11H14N2O7. The first kappa shape index (κ1) is 15.6. The third-order valence-electron chi connectivity index (χ3n) is 3.00. The van der Waals surface area contributed by atoms with E-state index >= 15 is 0 Å². The minimum atomic E-state index is -2.02. The maximum absolute atomic E-state index is 12.0. The molecule has 0 aliphatic carbocycles. The molecule has 0 radical (unpaired) electrons. The van der Waals surface area contributed by atoms with Crippen molar-refractivity contribution < 1.29 is 33.4 Å². The van der Waals surface area contributed by atoms with Gasteiger partial charge in [-0.25, -0.2) is 4.79 Å². The monoisotopic (exact) mass is 286 g/mol. The van der Waals surface area contributed by atoms with E-state index in [1.165, 1.54) is 0 Å². The molecule has 0 spiro atoms. The third-order valence-corrected chi connectivity index (χ3v) is 3.00. The summed E-state index contributed by atoms with van der Waals surface area (Å²) in [5.74, 6) is -5.41. The highest BCUT2D eigenvalue weighted by molar-refractivity contribution is 6.46. The Bertz CT molecular complexity index is 487. The Morgan fingerprint density at radius 3 is 2.25 bits per heavy atom. The van der Waals surface area contributed by atoms with Crippen LogP contribution in [0.4, 0.5) is 0 Å². The highest BCUT2D eigenvalue weighted by atomic mass is 16.5. The number of esters is 3. The molecule has 0 aromatic rings. The summed E-state index contributed by atoms with van der Waals surface area (Å²) >= 11 is 0. The molecule has 0 bridgehead atoms. The van der Waals surface area contributed by atoms with Crippen LogP contribution in [0.2, 0.25) is 0 Å². The zero-order valence-electron chi connectivity index (χ0n) is 11.1. The van der Waals surface area contributed by atoms with Crippen LogP contribution in [0.3, 0.4) is 0 Å². The Hall–Kier alpha value is -2.45. The van der Waals surface area contributed by atoms with Crippen LogP contribution in [-0.2, 0) is 33.4 Å². The molecule has 2 N–H and O–H groups in total. The summed E-state index contributed by atoms with van der Waals surface area (Å²) in [6.45, 7) is 0.